The van der Waals surface area contributed by atoms with Crippen LogP contribution in [0.25, 0.3) is 0 Å². The molecule has 0 bridgehead atoms. The highest BCUT2D eigenvalue weighted by Crippen LogP contribution is 2.42. The van der Waals surface area contributed by atoms with E-state index >= 15 is 0 Å². The highest BCUT2D eigenvalue weighted by molar-refractivity contribution is 7.47. The van der Waals surface area contributed by atoms with Crippen molar-refractivity contribution in [3.63, 3.8) is 0 Å². The minimum atomic E-state index is -4.39. The number of ether oxygens (including phenoxy) is 1. The first kappa shape index (κ1) is 47.8. The summed E-state index contributed by atoms with van der Waals surface area (Å²) in [6.45, 7) is 3.47. The lowest BCUT2D eigenvalue weighted by Gasteiger charge is -2.15. The fraction of sp³-hybridized carbons (Fsp3) is 0.897. The van der Waals surface area contributed by atoms with E-state index < -0.39 is 26.5 Å². The van der Waals surface area contributed by atoms with Gasteiger partial charge in [-0.3, -0.25) is 18.6 Å². The second-order valence-electron chi connectivity index (χ2n) is 13.6. The van der Waals surface area contributed by atoms with Crippen molar-refractivity contribution in [3.05, 3.63) is 12.2 Å². The molecule has 0 heterocycles. The Morgan fingerprint density at radius 1 is 0.612 bits per heavy atom. The van der Waals surface area contributed by atoms with Gasteiger partial charge >= 0.3 is 13.8 Å². The maximum Gasteiger partial charge on any atom is 0.472 e. The van der Waals surface area contributed by atoms with Crippen molar-refractivity contribution in [2.45, 2.75) is 200 Å². The van der Waals surface area contributed by atoms with E-state index in [-0.39, 0.29) is 32.1 Å². The third kappa shape index (κ3) is 37.8. The Hall–Kier alpha value is -1.25. The van der Waals surface area contributed by atoms with E-state index in [1.54, 1.807) is 0 Å². The zero-order chi connectivity index (χ0) is 36.1. The number of hydrogen-bond donors (Lipinski definition) is 3. The Labute approximate surface area is 300 Å². The van der Waals surface area contributed by atoms with Crippen LogP contribution in [0.1, 0.15) is 194 Å². The topological polar surface area (TPSA) is 131 Å². The molecule has 290 valence electrons. The zero-order valence-corrected chi connectivity index (χ0v) is 32.5. The van der Waals surface area contributed by atoms with Crippen molar-refractivity contribution in [1.29, 1.82) is 0 Å². The molecule has 0 fully saturated rings. The number of amides is 1. The summed E-state index contributed by atoms with van der Waals surface area (Å²) < 4.78 is 26.6. The molecule has 0 saturated heterocycles. The van der Waals surface area contributed by atoms with Crippen molar-refractivity contribution in [1.82, 2.24) is 5.32 Å². The summed E-state index contributed by atoms with van der Waals surface area (Å²) in [6.07, 6.45) is 36.2. The van der Waals surface area contributed by atoms with Crippen molar-refractivity contribution in [2.24, 2.45) is 0 Å². The molecule has 0 aromatic heterocycles. The van der Waals surface area contributed by atoms with Crippen LogP contribution >= 0.6 is 7.82 Å². The maximum atomic E-state index is 12.0. The van der Waals surface area contributed by atoms with Gasteiger partial charge in [0.1, 0.15) is 12.7 Å². The molecule has 0 saturated carbocycles. The van der Waals surface area contributed by atoms with Gasteiger partial charge in [0, 0.05) is 19.4 Å². The lowest BCUT2D eigenvalue weighted by Crippen LogP contribution is -2.27. The van der Waals surface area contributed by atoms with Crippen molar-refractivity contribution < 1.29 is 37.9 Å². The van der Waals surface area contributed by atoms with Gasteiger partial charge in [-0.25, -0.2) is 4.57 Å². The van der Waals surface area contributed by atoms with Gasteiger partial charge in [-0.05, 0) is 38.5 Å². The number of phosphoric acid groups is 1. The number of allylic oxidation sites excluding steroid dienone is 2. The number of carbonyl (C=O) groups excluding carboxylic acids is 2. The molecule has 0 aliphatic rings. The van der Waals surface area contributed by atoms with Gasteiger partial charge < -0.3 is 20.1 Å². The van der Waals surface area contributed by atoms with Crippen molar-refractivity contribution in [3.8, 4) is 0 Å². The SMILES string of the molecule is CCCCCCCC/C=C/CCCCCCCCCCCCCCCC(=O)OCC(O)COP(=O)(O)OCCNC(=O)CCCCCCC. The van der Waals surface area contributed by atoms with Gasteiger partial charge in [-0.15, -0.1) is 0 Å². The smallest absolute Gasteiger partial charge is 0.463 e. The molecular weight excluding hydrogens is 641 g/mol. The number of phosphoric ester groups is 1. The Balaban J connectivity index is 3.50. The third-order valence-corrected chi connectivity index (χ3v) is 9.68. The van der Waals surface area contributed by atoms with Gasteiger partial charge in [0.15, 0.2) is 0 Å². The predicted octanol–water partition coefficient (Wildman–Crippen LogP) is 10.7. The quantitative estimate of drug-likeness (QED) is 0.0249. The van der Waals surface area contributed by atoms with Crippen LogP contribution in [0, 0.1) is 0 Å². The average Bonchev–Trinajstić information content (AvgIpc) is 3.08. The molecule has 0 aliphatic carbocycles. The highest BCUT2D eigenvalue weighted by Gasteiger charge is 2.23. The molecule has 3 N–H and O–H groups in total. The molecule has 0 rings (SSSR count). The Morgan fingerprint density at radius 3 is 1.53 bits per heavy atom. The number of hydrogen-bond acceptors (Lipinski definition) is 7. The van der Waals surface area contributed by atoms with Gasteiger partial charge in [-0.1, -0.05) is 154 Å². The second-order valence-corrected chi connectivity index (χ2v) is 15.1. The molecular formula is C39H76NO8P. The van der Waals surface area contributed by atoms with Crippen LogP contribution in [-0.2, 0) is 27.9 Å². The Kier molecular flexibility index (Phi) is 35.6. The van der Waals surface area contributed by atoms with Crippen molar-refractivity contribution in [2.75, 3.05) is 26.4 Å². The van der Waals surface area contributed by atoms with Crippen LogP contribution in [0.2, 0.25) is 0 Å². The molecule has 2 atom stereocenters. The molecule has 10 heteroatoms. The molecule has 1 amide bonds. The molecule has 9 nitrogen and oxygen atoms in total. The summed E-state index contributed by atoms with van der Waals surface area (Å²) in [7, 11) is -4.39. The van der Waals surface area contributed by atoms with E-state index in [9.17, 15) is 24.2 Å². The van der Waals surface area contributed by atoms with Gasteiger partial charge in [0.05, 0.1) is 13.2 Å². The van der Waals surface area contributed by atoms with Crippen LogP contribution in [0.15, 0.2) is 12.2 Å². The summed E-state index contributed by atoms with van der Waals surface area (Å²) in [4.78, 5) is 33.5. The van der Waals surface area contributed by atoms with Crippen LogP contribution in [0.3, 0.4) is 0 Å². The standard InChI is InChI=1S/C39H76NO8P/c1-3-5-7-9-10-11-12-13-14-15-16-17-18-19-20-21-22-23-24-25-26-28-30-32-39(43)46-35-37(41)36-48-49(44,45)47-34-33-40-38(42)31-29-27-8-6-4-2/h13-14,37,41H,3-12,15-36H2,1-2H3,(H,40,42)(H,44,45)/b14-13+. The minimum Gasteiger partial charge on any atom is -0.463 e. The predicted molar refractivity (Wildman–Crippen MR) is 201 cm³/mol. The van der Waals surface area contributed by atoms with Crippen LogP contribution in [0.5, 0.6) is 0 Å². The highest BCUT2D eigenvalue weighted by atomic mass is 31.2. The first-order valence-corrected chi connectivity index (χ1v) is 21.7. The summed E-state index contributed by atoms with van der Waals surface area (Å²) in [5, 5.41) is 12.6. The van der Waals surface area contributed by atoms with Gasteiger partial charge in [0.25, 0.3) is 0 Å². The first-order chi connectivity index (χ1) is 23.8. The molecule has 2 unspecified atom stereocenters. The number of esters is 1. The molecule has 0 spiro atoms. The van der Waals surface area contributed by atoms with Crippen LogP contribution in [0.4, 0.5) is 0 Å². The van der Waals surface area contributed by atoms with E-state index in [0.717, 1.165) is 51.4 Å². The normalized spacial score (nSPS) is 13.5. The average molecular weight is 718 g/mol. The zero-order valence-electron chi connectivity index (χ0n) is 31.7. The number of carbonyl (C=O) groups is 2. The molecule has 0 aromatic carbocycles. The number of nitrogens with one attached hydrogen (secondary N) is 1. The van der Waals surface area contributed by atoms with Crippen molar-refractivity contribution >= 4 is 19.7 Å². The van der Waals surface area contributed by atoms with E-state index in [1.807, 2.05) is 0 Å². The monoisotopic (exact) mass is 718 g/mol. The molecule has 0 radical (unpaired) electrons. The van der Waals surface area contributed by atoms with E-state index in [1.165, 1.54) is 116 Å². The van der Waals surface area contributed by atoms with Gasteiger partial charge in [-0.2, -0.15) is 0 Å². The molecule has 0 aromatic rings. The largest absolute Gasteiger partial charge is 0.472 e. The fourth-order valence-corrected chi connectivity index (χ4v) is 6.37. The number of aliphatic hydroxyl groups is 1. The fourth-order valence-electron chi connectivity index (χ4n) is 5.61. The van der Waals surface area contributed by atoms with E-state index in [0.29, 0.717) is 6.42 Å². The number of rotatable bonds is 38. The summed E-state index contributed by atoms with van der Waals surface area (Å²) in [6, 6.07) is 0. The van der Waals surface area contributed by atoms with Crippen LogP contribution < -0.4 is 5.32 Å². The first-order valence-electron chi connectivity index (χ1n) is 20.2. The maximum absolute atomic E-state index is 12.0. The third-order valence-electron chi connectivity index (χ3n) is 8.70. The lowest BCUT2D eigenvalue weighted by atomic mass is 10.0. The summed E-state index contributed by atoms with van der Waals surface area (Å²) >= 11 is 0. The second kappa shape index (κ2) is 36.5. The Morgan fingerprint density at radius 2 is 1.04 bits per heavy atom. The molecule has 49 heavy (non-hydrogen) atoms. The summed E-state index contributed by atoms with van der Waals surface area (Å²) in [5.41, 5.74) is 0. The lowest BCUT2D eigenvalue weighted by molar-refractivity contribution is -0.147. The number of unbranched alkanes of at least 4 members (excludes halogenated alkanes) is 23. The van der Waals surface area contributed by atoms with Gasteiger partial charge in [0.2, 0.25) is 5.91 Å². The number of aliphatic hydroxyl groups excluding tert-OH is 1. The molecule has 0 aliphatic heterocycles. The van der Waals surface area contributed by atoms with Crippen LogP contribution in [-0.4, -0.2) is 54.3 Å². The van der Waals surface area contributed by atoms with E-state index in [4.69, 9.17) is 13.8 Å². The van der Waals surface area contributed by atoms with E-state index in [2.05, 4.69) is 31.3 Å². The summed E-state index contributed by atoms with van der Waals surface area (Å²) in [5.74, 6) is -0.524. The minimum absolute atomic E-state index is 0.0834. The Bertz CT molecular complexity index is 825.